The molecular formula is C10H15N4O6S. The lowest BCUT2D eigenvalue weighted by Gasteiger charge is -2.32. The quantitative estimate of drug-likeness (QED) is 0.521. The van der Waals surface area contributed by atoms with E-state index < -0.39 is 39.7 Å². The molecule has 11 heteroatoms. The summed E-state index contributed by atoms with van der Waals surface area (Å²) in [7, 11) is -4.00. The minimum Gasteiger partial charge on any atom is -0.333 e. The highest BCUT2D eigenvalue weighted by Crippen LogP contribution is 2.05. The van der Waals surface area contributed by atoms with Crippen LogP contribution in [-0.2, 0) is 24.4 Å². The maximum Gasteiger partial charge on any atom is 0.325 e. The molecule has 1 aliphatic rings. The summed E-state index contributed by atoms with van der Waals surface area (Å²) in [5, 5.41) is 6.74. The first kappa shape index (κ1) is 17.0. The van der Waals surface area contributed by atoms with Crippen LogP contribution >= 0.6 is 0 Å². The summed E-state index contributed by atoms with van der Waals surface area (Å²) in [6, 6.07) is -2.55. The number of rotatable bonds is 5. The Hall–Kier alpha value is -2.01. The number of nitrogens with zero attached hydrogens (tertiary/aromatic N) is 2. The molecule has 1 fully saturated rings. The molecule has 0 aromatic heterocycles. The molecule has 0 aromatic rings. The number of urea groups is 1. The fourth-order valence-corrected chi connectivity index (χ4v) is 2.35. The van der Waals surface area contributed by atoms with E-state index >= 15 is 0 Å². The lowest BCUT2D eigenvalue weighted by Crippen LogP contribution is -2.59. The average Bonchev–Trinajstić information content (AvgIpc) is 2.39. The number of hydrogen-bond donors (Lipinski definition) is 2. The fourth-order valence-electron chi connectivity index (χ4n) is 1.73. The molecule has 1 rings (SSSR count). The average molecular weight is 319 g/mol. The van der Waals surface area contributed by atoms with Crippen molar-refractivity contribution in [3.8, 4) is 0 Å². The number of carbonyl (C=O) groups excluding carboxylic acids is 4. The van der Waals surface area contributed by atoms with Gasteiger partial charge in [0.05, 0.1) is 5.75 Å². The molecule has 0 aromatic carbocycles. The lowest BCUT2D eigenvalue weighted by molar-refractivity contribution is -0.153. The molecule has 1 unspecified atom stereocenters. The molecule has 0 aliphatic carbocycles. The number of sulfonamides is 1. The van der Waals surface area contributed by atoms with Gasteiger partial charge in [-0.1, -0.05) is 0 Å². The summed E-state index contributed by atoms with van der Waals surface area (Å²) < 4.78 is 21.7. The lowest BCUT2D eigenvalue weighted by atomic mass is 10.3. The predicted octanol–water partition coefficient (Wildman–Crippen LogP) is -2.85. The standard InChI is InChI=1S/C10H15N4O6S/c1-2-13-3-4-14(9(17)8(13)16)10(18)12-7(5-15)6-21(11,19)20/h7H,2-4,6H2,1H3,(H,12,18)(H2,11,19,20). The van der Waals surface area contributed by atoms with E-state index in [1.807, 2.05) is 5.32 Å². The van der Waals surface area contributed by atoms with Crippen LogP contribution in [0.25, 0.3) is 0 Å². The third-order valence-electron chi connectivity index (χ3n) is 2.77. The molecule has 1 atom stereocenters. The monoisotopic (exact) mass is 319 g/mol. The molecular weight excluding hydrogens is 304 g/mol. The Bertz CT molecular complexity index is 560. The van der Waals surface area contributed by atoms with E-state index in [4.69, 9.17) is 5.14 Å². The first-order chi connectivity index (χ1) is 9.69. The molecule has 0 bridgehead atoms. The maximum atomic E-state index is 11.8. The molecule has 1 radical (unpaired) electrons. The molecule has 21 heavy (non-hydrogen) atoms. The zero-order valence-electron chi connectivity index (χ0n) is 11.2. The normalized spacial score (nSPS) is 17.6. The van der Waals surface area contributed by atoms with Crippen molar-refractivity contribution in [3.05, 3.63) is 0 Å². The van der Waals surface area contributed by atoms with Gasteiger partial charge in [-0.15, -0.1) is 0 Å². The SMILES string of the molecule is CCN1CCN(C(=O)NC([C]=O)CS(N)(=O)=O)C(=O)C1=O. The van der Waals surface area contributed by atoms with Crippen LogP contribution in [0.5, 0.6) is 0 Å². The second-order valence-corrected chi connectivity index (χ2v) is 5.95. The summed E-state index contributed by atoms with van der Waals surface area (Å²) in [5.74, 6) is -2.72. The number of likely N-dealkylation sites (N-methyl/N-ethyl adjacent to an activating group) is 1. The number of nitrogens with one attached hydrogen (secondary N) is 1. The van der Waals surface area contributed by atoms with E-state index in [2.05, 4.69) is 0 Å². The highest BCUT2D eigenvalue weighted by Gasteiger charge is 2.36. The zero-order valence-corrected chi connectivity index (χ0v) is 12.1. The van der Waals surface area contributed by atoms with Crippen LogP contribution in [0.1, 0.15) is 6.92 Å². The smallest absolute Gasteiger partial charge is 0.325 e. The Morgan fingerprint density at radius 3 is 2.48 bits per heavy atom. The van der Waals surface area contributed by atoms with E-state index in [1.165, 1.54) is 11.2 Å². The van der Waals surface area contributed by atoms with Gasteiger partial charge in [0.1, 0.15) is 6.04 Å². The van der Waals surface area contributed by atoms with Crippen molar-refractivity contribution in [1.82, 2.24) is 15.1 Å². The molecule has 10 nitrogen and oxygen atoms in total. The summed E-state index contributed by atoms with van der Waals surface area (Å²) in [6.07, 6.45) is 1.30. The molecule has 0 spiro atoms. The number of primary sulfonamides is 1. The minimum atomic E-state index is -4.00. The topological polar surface area (TPSA) is 147 Å². The van der Waals surface area contributed by atoms with Gasteiger partial charge in [-0.3, -0.25) is 19.3 Å². The van der Waals surface area contributed by atoms with Crippen LogP contribution in [0.3, 0.4) is 0 Å². The van der Waals surface area contributed by atoms with Gasteiger partial charge in [0.15, 0.2) is 0 Å². The number of amides is 4. The van der Waals surface area contributed by atoms with Crippen molar-refractivity contribution in [2.24, 2.45) is 5.14 Å². The fraction of sp³-hybridized carbons (Fsp3) is 0.600. The first-order valence-corrected chi connectivity index (χ1v) is 7.70. The number of imide groups is 1. The Balaban J connectivity index is 2.73. The molecule has 1 heterocycles. The van der Waals surface area contributed by atoms with E-state index in [-0.39, 0.29) is 13.1 Å². The van der Waals surface area contributed by atoms with Gasteiger partial charge >= 0.3 is 17.8 Å². The van der Waals surface area contributed by atoms with Crippen molar-refractivity contribution in [1.29, 1.82) is 0 Å². The van der Waals surface area contributed by atoms with Gasteiger partial charge in [-0.2, -0.15) is 0 Å². The summed E-state index contributed by atoms with van der Waals surface area (Å²) in [6.45, 7) is 2.13. The van der Waals surface area contributed by atoms with Crippen molar-refractivity contribution in [3.63, 3.8) is 0 Å². The van der Waals surface area contributed by atoms with Crippen molar-refractivity contribution in [2.75, 3.05) is 25.4 Å². The summed E-state index contributed by atoms with van der Waals surface area (Å²) in [5.41, 5.74) is 0. The van der Waals surface area contributed by atoms with Crippen molar-refractivity contribution >= 4 is 34.2 Å². The van der Waals surface area contributed by atoms with E-state index in [9.17, 15) is 27.6 Å². The van der Waals surface area contributed by atoms with Gasteiger partial charge in [0.25, 0.3) is 0 Å². The third kappa shape index (κ3) is 4.49. The van der Waals surface area contributed by atoms with Crippen LogP contribution in [0, 0.1) is 0 Å². The van der Waals surface area contributed by atoms with Gasteiger partial charge < -0.3 is 10.2 Å². The van der Waals surface area contributed by atoms with Gasteiger partial charge in [0, 0.05) is 19.6 Å². The Morgan fingerprint density at radius 2 is 2.00 bits per heavy atom. The first-order valence-electron chi connectivity index (χ1n) is 5.99. The third-order valence-corrected chi connectivity index (χ3v) is 3.57. The predicted molar refractivity (Wildman–Crippen MR) is 70.0 cm³/mol. The van der Waals surface area contributed by atoms with E-state index in [0.29, 0.717) is 11.4 Å². The molecule has 117 valence electrons. The molecule has 1 aliphatic heterocycles. The molecule has 4 amide bonds. The largest absolute Gasteiger partial charge is 0.333 e. The van der Waals surface area contributed by atoms with Crippen molar-refractivity contribution in [2.45, 2.75) is 13.0 Å². The van der Waals surface area contributed by atoms with Crippen LogP contribution in [-0.4, -0.2) is 73.8 Å². The summed E-state index contributed by atoms with van der Waals surface area (Å²) in [4.78, 5) is 47.6. The minimum absolute atomic E-state index is 0.0504. The van der Waals surface area contributed by atoms with E-state index in [1.54, 1.807) is 6.92 Å². The van der Waals surface area contributed by atoms with E-state index in [0.717, 1.165) is 0 Å². The van der Waals surface area contributed by atoms with Crippen LogP contribution in [0.4, 0.5) is 4.79 Å². The zero-order chi connectivity index (χ0) is 16.2. The Labute approximate surface area is 121 Å². The highest BCUT2D eigenvalue weighted by molar-refractivity contribution is 7.89. The maximum absolute atomic E-state index is 11.8. The van der Waals surface area contributed by atoms with Gasteiger partial charge in [-0.05, 0) is 6.92 Å². The van der Waals surface area contributed by atoms with Gasteiger partial charge in [-0.25, -0.2) is 18.4 Å². The number of piperazine rings is 1. The Morgan fingerprint density at radius 1 is 1.38 bits per heavy atom. The van der Waals surface area contributed by atoms with Crippen LogP contribution < -0.4 is 10.5 Å². The second-order valence-electron chi connectivity index (χ2n) is 4.29. The molecule has 0 saturated carbocycles. The van der Waals surface area contributed by atoms with Crippen molar-refractivity contribution < 1.29 is 27.6 Å². The molecule has 3 N–H and O–H groups in total. The van der Waals surface area contributed by atoms with Crippen LogP contribution in [0.15, 0.2) is 0 Å². The van der Waals surface area contributed by atoms with Gasteiger partial charge in [0.2, 0.25) is 16.3 Å². The Kier molecular flexibility index (Phi) is 5.38. The number of nitrogens with two attached hydrogens (primary N) is 1. The molecule has 1 saturated heterocycles. The number of carbonyl (C=O) groups is 3. The number of hydrogen-bond acceptors (Lipinski definition) is 6. The van der Waals surface area contributed by atoms with Crippen LogP contribution in [0.2, 0.25) is 0 Å². The highest BCUT2D eigenvalue weighted by atomic mass is 32.2. The second kappa shape index (κ2) is 6.63. The summed E-state index contributed by atoms with van der Waals surface area (Å²) >= 11 is 0.